The Bertz CT molecular complexity index is 1410. The second-order valence-electron chi connectivity index (χ2n) is 10.3. The highest BCUT2D eigenvalue weighted by Gasteiger charge is 2.33. The van der Waals surface area contributed by atoms with Crippen molar-refractivity contribution in [3.63, 3.8) is 0 Å². The van der Waals surface area contributed by atoms with Crippen LogP contribution in [0.5, 0.6) is 0 Å². The van der Waals surface area contributed by atoms with Crippen LogP contribution in [0.25, 0.3) is 11.3 Å². The SMILES string of the molecule is O=C(COCc1ccccc1)N1CCN(CC2=C(c3ccc(Cl)cc3)NC3C=CC(c4ccccc4)=CN23)CC1. The monoisotopic (exact) mass is 552 g/mol. The number of carbonyl (C=O) groups is 1. The Morgan fingerprint density at radius 1 is 0.875 bits per heavy atom. The van der Waals surface area contributed by atoms with Crippen LogP contribution in [-0.2, 0) is 16.1 Å². The molecule has 1 atom stereocenters. The summed E-state index contributed by atoms with van der Waals surface area (Å²) in [6.07, 6.45) is 6.71. The van der Waals surface area contributed by atoms with Crippen molar-refractivity contribution >= 4 is 28.8 Å². The zero-order chi connectivity index (χ0) is 27.3. The Morgan fingerprint density at radius 3 is 2.30 bits per heavy atom. The van der Waals surface area contributed by atoms with Crippen LogP contribution in [0.15, 0.2) is 109 Å². The number of piperazine rings is 1. The van der Waals surface area contributed by atoms with Gasteiger partial charge in [0.05, 0.1) is 18.0 Å². The maximum Gasteiger partial charge on any atom is 0.248 e. The van der Waals surface area contributed by atoms with E-state index < -0.39 is 0 Å². The number of fused-ring (bicyclic) bond motifs is 1. The highest BCUT2D eigenvalue weighted by molar-refractivity contribution is 6.30. The number of nitrogens with one attached hydrogen (secondary N) is 1. The highest BCUT2D eigenvalue weighted by atomic mass is 35.5. The molecule has 6 rings (SSSR count). The van der Waals surface area contributed by atoms with Gasteiger partial charge in [0.1, 0.15) is 12.8 Å². The molecule has 1 amide bonds. The summed E-state index contributed by atoms with van der Waals surface area (Å²) in [6, 6.07) is 28.4. The van der Waals surface area contributed by atoms with Crippen molar-refractivity contribution in [3.8, 4) is 0 Å². The summed E-state index contributed by atoms with van der Waals surface area (Å²) < 4.78 is 5.70. The average molecular weight is 553 g/mol. The van der Waals surface area contributed by atoms with Gasteiger partial charge in [-0.05, 0) is 40.5 Å². The third kappa shape index (κ3) is 5.99. The van der Waals surface area contributed by atoms with Crippen LogP contribution in [0.4, 0.5) is 0 Å². The van der Waals surface area contributed by atoms with Crippen LogP contribution in [0.3, 0.4) is 0 Å². The van der Waals surface area contributed by atoms with Crippen LogP contribution in [-0.4, -0.2) is 66.1 Å². The minimum absolute atomic E-state index is 0.0517. The number of nitrogens with zero attached hydrogens (tertiary/aromatic N) is 3. The second kappa shape index (κ2) is 12.1. The smallest absolute Gasteiger partial charge is 0.248 e. The number of halogens is 1. The summed E-state index contributed by atoms with van der Waals surface area (Å²) in [5.41, 5.74) is 6.89. The molecule has 1 saturated heterocycles. The molecule has 1 unspecified atom stereocenters. The van der Waals surface area contributed by atoms with E-state index in [1.807, 2.05) is 53.4 Å². The summed E-state index contributed by atoms with van der Waals surface area (Å²) in [5.74, 6) is 0.0517. The Balaban J connectivity index is 1.14. The van der Waals surface area contributed by atoms with E-state index in [0.717, 1.165) is 41.5 Å². The van der Waals surface area contributed by atoms with Gasteiger partial charge < -0.3 is 19.9 Å². The summed E-state index contributed by atoms with van der Waals surface area (Å²) in [7, 11) is 0. The number of carbonyl (C=O) groups excluding carboxylic acids is 1. The molecule has 0 radical (unpaired) electrons. The minimum atomic E-state index is 0.0517. The van der Waals surface area contributed by atoms with Crippen molar-refractivity contribution in [1.29, 1.82) is 0 Å². The molecular weight excluding hydrogens is 520 g/mol. The summed E-state index contributed by atoms with van der Waals surface area (Å²) in [4.78, 5) is 19.5. The first-order chi connectivity index (χ1) is 19.6. The molecule has 1 N–H and O–H groups in total. The van der Waals surface area contributed by atoms with Crippen molar-refractivity contribution in [2.75, 3.05) is 39.3 Å². The Kier molecular flexibility index (Phi) is 8.00. The average Bonchev–Trinajstić information content (AvgIpc) is 3.36. The van der Waals surface area contributed by atoms with Gasteiger partial charge in [0.15, 0.2) is 0 Å². The van der Waals surface area contributed by atoms with Crippen molar-refractivity contribution in [3.05, 3.63) is 131 Å². The number of hydrogen-bond acceptors (Lipinski definition) is 5. The summed E-state index contributed by atoms with van der Waals surface area (Å²) in [6.45, 7) is 4.35. The lowest BCUT2D eigenvalue weighted by Gasteiger charge is -2.36. The van der Waals surface area contributed by atoms with Crippen LogP contribution < -0.4 is 5.32 Å². The lowest BCUT2D eigenvalue weighted by molar-refractivity contribution is -0.138. The predicted molar refractivity (Wildman–Crippen MR) is 160 cm³/mol. The third-order valence-electron chi connectivity index (χ3n) is 7.60. The quantitative estimate of drug-likeness (QED) is 0.416. The van der Waals surface area contributed by atoms with Crippen molar-refractivity contribution in [2.45, 2.75) is 12.8 Å². The molecule has 40 heavy (non-hydrogen) atoms. The lowest BCUT2D eigenvalue weighted by atomic mass is 10.0. The standard InChI is InChI=1S/C33H33ClN4O2/c34-29-14-11-27(12-15-29)33-30(38-21-28(13-16-31(38)35-33)26-9-5-2-6-10-26)22-36-17-19-37(20-18-36)32(39)24-40-23-25-7-3-1-4-8-25/h1-16,21,31,35H,17-20,22-24H2. The van der Waals surface area contributed by atoms with E-state index in [4.69, 9.17) is 16.3 Å². The molecule has 0 spiro atoms. The molecule has 7 heteroatoms. The Labute approximate surface area is 240 Å². The molecule has 0 aromatic heterocycles. The normalized spacial score (nSPS) is 18.9. The number of benzene rings is 3. The van der Waals surface area contributed by atoms with Gasteiger partial charge in [0, 0.05) is 43.9 Å². The van der Waals surface area contributed by atoms with E-state index in [0.29, 0.717) is 19.7 Å². The van der Waals surface area contributed by atoms with Crippen LogP contribution in [0.2, 0.25) is 5.02 Å². The van der Waals surface area contributed by atoms with Crippen LogP contribution in [0, 0.1) is 0 Å². The van der Waals surface area contributed by atoms with Crippen molar-refractivity contribution in [1.82, 2.24) is 20.0 Å². The molecular formula is C33H33ClN4O2. The summed E-state index contributed by atoms with van der Waals surface area (Å²) >= 11 is 6.20. The van der Waals surface area contributed by atoms with Gasteiger partial charge in [-0.3, -0.25) is 9.69 Å². The first-order valence-electron chi connectivity index (χ1n) is 13.8. The largest absolute Gasteiger partial charge is 0.367 e. The number of rotatable bonds is 8. The maximum absolute atomic E-state index is 12.8. The van der Waals surface area contributed by atoms with E-state index in [1.165, 1.54) is 16.8 Å². The predicted octanol–water partition coefficient (Wildman–Crippen LogP) is 5.21. The molecule has 0 bridgehead atoms. The number of hydrogen-bond donors (Lipinski definition) is 1. The van der Waals surface area contributed by atoms with Crippen LogP contribution >= 0.6 is 11.6 Å². The molecule has 204 valence electrons. The van der Waals surface area contributed by atoms with E-state index in [-0.39, 0.29) is 18.7 Å². The van der Waals surface area contributed by atoms with E-state index in [2.05, 4.69) is 69.9 Å². The second-order valence-corrected chi connectivity index (χ2v) is 10.7. The van der Waals surface area contributed by atoms with Gasteiger partial charge in [0.25, 0.3) is 0 Å². The van der Waals surface area contributed by atoms with Gasteiger partial charge in [-0.15, -0.1) is 0 Å². The number of ether oxygens (including phenoxy) is 1. The van der Waals surface area contributed by atoms with E-state index in [9.17, 15) is 4.79 Å². The lowest BCUT2D eigenvalue weighted by Crippen LogP contribution is -2.50. The molecule has 3 aliphatic rings. The molecule has 3 aromatic rings. The maximum atomic E-state index is 12.8. The van der Waals surface area contributed by atoms with Crippen molar-refractivity contribution < 1.29 is 9.53 Å². The fourth-order valence-electron chi connectivity index (χ4n) is 5.40. The Hall–Kier alpha value is -3.84. The molecule has 3 aliphatic heterocycles. The summed E-state index contributed by atoms with van der Waals surface area (Å²) in [5, 5.41) is 4.45. The fraction of sp³-hybridized carbons (Fsp3) is 0.242. The fourth-order valence-corrected chi connectivity index (χ4v) is 5.53. The van der Waals surface area contributed by atoms with Gasteiger partial charge >= 0.3 is 0 Å². The highest BCUT2D eigenvalue weighted by Crippen LogP contribution is 2.34. The molecule has 0 aliphatic carbocycles. The van der Waals surface area contributed by atoms with E-state index >= 15 is 0 Å². The Morgan fingerprint density at radius 2 is 1.57 bits per heavy atom. The zero-order valence-electron chi connectivity index (χ0n) is 22.4. The van der Waals surface area contributed by atoms with Crippen LogP contribution in [0.1, 0.15) is 16.7 Å². The molecule has 6 nitrogen and oxygen atoms in total. The van der Waals surface area contributed by atoms with Crippen molar-refractivity contribution in [2.24, 2.45) is 0 Å². The minimum Gasteiger partial charge on any atom is -0.367 e. The van der Waals surface area contributed by atoms with Gasteiger partial charge in [-0.2, -0.15) is 0 Å². The van der Waals surface area contributed by atoms with Gasteiger partial charge in [0.2, 0.25) is 5.91 Å². The van der Waals surface area contributed by atoms with E-state index in [1.54, 1.807) is 0 Å². The zero-order valence-corrected chi connectivity index (χ0v) is 23.1. The number of amides is 1. The first-order valence-corrected chi connectivity index (χ1v) is 14.1. The molecule has 3 heterocycles. The van der Waals surface area contributed by atoms with Gasteiger partial charge in [-0.25, -0.2) is 0 Å². The topological polar surface area (TPSA) is 48.1 Å². The first kappa shape index (κ1) is 26.4. The molecule has 1 fully saturated rings. The molecule has 3 aromatic carbocycles. The number of allylic oxidation sites excluding steroid dienone is 2. The van der Waals surface area contributed by atoms with Gasteiger partial charge in [-0.1, -0.05) is 90.5 Å². The third-order valence-corrected chi connectivity index (χ3v) is 7.86. The molecule has 0 saturated carbocycles.